The van der Waals surface area contributed by atoms with Crippen molar-refractivity contribution in [2.75, 3.05) is 5.32 Å². The van der Waals surface area contributed by atoms with Crippen LogP contribution in [0.2, 0.25) is 0 Å². The van der Waals surface area contributed by atoms with Crippen molar-refractivity contribution in [1.29, 1.82) is 0 Å². The zero-order valence-electron chi connectivity index (χ0n) is 7.70. The van der Waals surface area contributed by atoms with Crippen LogP contribution in [0, 0.1) is 0 Å². The Hall–Kier alpha value is -1.62. The largest absolute Gasteiger partial charge is 0.353 e. The maximum atomic E-state index is 10.7. The summed E-state index contributed by atoms with van der Waals surface area (Å²) in [5.74, 6) is 0. The number of hydrogen-bond acceptors (Lipinski definition) is 3. The molecule has 5 heteroatoms. The van der Waals surface area contributed by atoms with Crippen molar-refractivity contribution in [3.05, 3.63) is 51.6 Å². The first-order valence-electron chi connectivity index (χ1n) is 4.31. The molecular formula is C10H8BrN3O. The molecule has 0 spiro atoms. The number of rotatable bonds is 2. The first-order chi connectivity index (χ1) is 7.24. The summed E-state index contributed by atoms with van der Waals surface area (Å²) in [5, 5.41) is 3.10. The van der Waals surface area contributed by atoms with E-state index in [4.69, 9.17) is 0 Å². The molecule has 1 heterocycles. The highest BCUT2D eigenvalue weighted by molar-refractivity contribution is 9.10. The Morgan fingerprint density at radius 3 is 2.53 bits per heavy atom. The number of nitrogens with zero attached hydrogens (tertiary/aromatic N) is 1. The average molecular weight is 266 g/mol. The van der Waals surface area contributed by atoms with E-state index in [0.717, 1.165) is 15.8 Å². The summed E-state index contributed by atoms with van der Waals surface area (Å²) >= 11 is 3.35. The van der Waals surface area contributed by atoms with Gasteiger partial charge in [0.15, 0.2) is 0 Å². The van der Waals surface area contributed by atoms with Gasteiger partial charge in [-0.2, -0.15) is 4.98 Å². The number of anilines is 2. The third kappa shape index (κ3) is 2.66. The van der Waals surface area contributed by atoms with Crippen LogP contribution in [0.5, 0.6) is 0 Å². The molecule has 0 aliphatic carbocycles. The summed E-state index contributed by atoms with van der Waals surface area (Å²) in [6.07, 6.45) is 3.07. The second-order valence-corrected chi connectivity index (χ2v) is 3.85. The van der Waals surface area contributed by atoms with E-state index >= 15 is 0 Å². The van der Waals surface area contributed by atoms with Gasteiger partial charge in [0.2, 0.25) is 0 Å². The highest BCUT2D eigenvalue weighted by atomic mass is 79.9. The minimum Gasteiger partial charge on any atom is -0.353 e. The van der Waals surface area contributed by atoms with Crippen LogP contribution < -0.4 is 11.0 Å². The smallest absolute Gasteiger partial charge is 0.345 e. The van der Waals surface area contributed by atoms with Gasteiger partial charge < -0.3 is 10.3 Å². The Morgan fingerprint density at radius 1 is 1.20 bits per heavy atom. The van der Waals surface area contributed by atoms with Crippen molar-refractivity contribution in [1.82, 2.24) is 9.97 Å². The number of halogens is 1. The van der Waals surface area contributed by atoms with Crippen LogP contribution in [-0.4, -0.2) is 9.97 Å². The van der Waals surface area contributed by atoms with Crippen LogP contribution in [0.25, 0.3) is 0 Å². The van der Waals surface area contributed by atoms with Gasteiger partial charge in [0.25, 0.3) is 0 Å². The third-order valence-electron chi connectivity index (χ3n) is 1.80. The van der Waals surface area contributed by atoms with Gasteiger partial charge in [-0.15, -0.1) is 0 Å². The van der Waals surface area contributed by atoms with E-state index in [0.29, 0.717) is 0 Å². The van der Waals surface area contributed by atoms with Gasteiger partial charge in [-0.1, -0.05) is 15.9 Å². The molecule has 0 atom stereocenters. The van der Waals surface area contributed by atoms with E-state index in [1.54, 1.807) is 6.20 Å². The Morgan fingerprint density at radius 2 is 1.93 bits per heavy atom. The van der Waals surface area contributed by atoms with Crippen molar-refractivity contribution >= 4 is 27.3 Å². The second-order valence-electron chi connectivity index (χ2n) is 2.94. The lowest BCUT2D eigenvalue weighted by Gasteiger charge is -2.04. The summed E-state index contributed by atoms with van der Waals surface area (Å²) in [4.78, 5) is 16.8. The van der Waals surface area contributed by atoms with E-state index in [1.165, 1.54) is 6.20 Å². The molecule has 76 valence electrons. The van der Waals surface area contributed by atoms with Gasteiger partial charge in [-0.25, -0.2) is 4.79 Å². The van der Waals surface area contributed by atoms with Crippen LogP contribution in [0.3, 0.4) is 0 Å². The van der Waals surface area contributed by atoms with Gasteiger partial charge in [0, 0.05) is 16.4 Å². The molecule has 15 heavy (non-hydrogen) atoms. The predicted octanol–water partition coefficient (Wildman–Crippen LogP) is 2.28. The van der Waals surface area contributed by atoms with Crippen LogP contribution in [0.4, 0.5) is 11.4 Å². The maximum Gasteiger partial charge on any atom is 0.345 e. The van der Waals surface area contributed by atoms with Crippen molar-refractivity contribution in [2.45, 2.75) is 0 Å². The van der Waals surface area contributed by atoms with Crippen LogP contribution >= 0.6 is 15.9 Å². The molecular weight excluding hydrogens is 258 g/mol. The predicted molar refractivity (Wildman–Crippen MR) is 62.3 cm³/mol. The molecule has 0 aliphatic rings. The number of nitrogens with one attached hydrogen (secondary N) is 2. The lowest BCUT2D eigenvalue weighted by Crippen LogP contribution is -2.08. The normalized spacial score (nSPS) is 9.93. The lowest BCUT2D eigenvalue weighted by molar-refractivity contribution is 1.08. The first kappa shape index (κ1) is 9.92. The molecule has 0 unspecified atom stereocenters. The molecule has 2 N–H and O–H groups in total. The van der Waals surface area contributed by atoms with E-state index in [9.17, 15) is 4.79 Å². The summed E-state index contributed by atoms with van der Waals surface area (Å²) in [6, 6.07) is 7.72. The monoisotopic (exact) mass is 265 g/mol. The molecule has 1 aromatic carbocycles. The quantitative estimate of drug-likeness (QED) is 0.876. The maximum absolute atomic E-state index is 10.7. The fourth-order valence-electron chi connectivity index (χ4n) is 1.11. The summed E-state index contributed by atoms with van der Waals surface area (Å²) < 4.78 is 1.02. The number of aromatic nitrogens is 2. The van der Waals surface area contributed by atoms with Gasteiger partial charge in [-0.05, 0) is 24.3 Å². The molecule has 4 nitrogen and oxygen atoms in total. The SMILES string of the molecule is O=c1ncc(Nc2ccc(Br)cc2)c[nH]1. The number of H-pyrrole nitrogens is 1. The average Bonchev–Trinajstić information content (AvgIpc) is 2.25. The molecule has 1 aromatic heterocycles. The zero-order chi connectivity index (χ0) is 10.7. The first-order valence-corrected chi connectivity index (χ1v) is 5.11. The lowest BCUT2D eigenvalue weighted by atomic mass is 10.3. The number of hydrogen-bond donors (Lipinski definition) is 2. The molecule has 0 fully saturated rings. The Bertz CT molecular complexity index is 486. The Kier molecular flexibility index (Phi) is 2.82. The Labute approximate surface area is 94.5 Å². The highest BCUT2D eigenvalue weighted by Crippen LogP contribution is 2.17. The minimum absolute atomic E-state index is 0.351. The minimum atomic E-state index is -0.351. The van der Waals surface area contributed by atoms with E-state index < -0.39 is 0 Å². The van der Waals surface area contributed by atoms with Crippen LogP contribution in [0.1, 0.15) is 0 Å². The van der Waals surface area contributed by atoms with E-state index in [1.807, 2.05) is 24.3 Å². The van der Waals surface area contributed by atoms with Gasteiger partial charge >= 0.3 is 5.69 Å². The van der Waals surface area contributed by atoms with Crippen molar-refractivity contribution in [3.8, 4) is 0 Å². The fourth-order valence-corrected chi connectivity index (χ4v) is 1.37. The molecule has 2 aromatic rings. The van der Waals surface area contributed by atoms with Crippen LogP contribution in [0.15, 0.2) is 45.9 Å². The van der Waals surface area contributed by atoms with E-state index in [-0.39, 0.29) is 5.69 Å². The molecule has 0 saturated carbocycles. The summed E-state index contributed by atoms with van der Waals surface area (Å²) in [5.41, 5.74) is 1.33. The van der Waals surface area contributed by atoms with Crippen LogP contribution in [-0.2, 0) is 0 Å². The standard InChI is InChI=1S/C10H8BrN3O/c11-7-1-3-8(4-2-7)14-9-5-12-10(15)13-6-9/h1-6,14H,(H,12,13,15). The molecule has 0 saturated heterocycles. The molecule has 0 aliphatic heterocycles. The molecule has 0 amide bonds. The summed E-state index contributed by atoms with van der Waals surface area (Å²) in [6.45, 7) is 0. The topological polar surface area (TPSA) is 57.8 Å². The Balaban J connectivity index is 2.18. The van der Waals surface area contributed by atoms with Gasteiger partial charge in [-0.3, -0.25) is 0 Å². The molecule has 0 bridgehead atoms. The van der Waals surface area contributed by atoms with Crippen molar-refractivity contribution < 1.29 is 0 Å². The second kappa shape index (κ2) is 4.27. The number of aromatic amines is 1. The molecule has 0 radical (unpaired) electrons. The number of benzene rings is 1. The van der Waals surface area contributed by atoms with Crippen molar-refractivity contribution in [2.24, 2.45) is 0 Å². The summed E-state index contributed by atoms with van der Waals surface area (Å²) in [7, 11) is 0. The highest BCUT2D eigenvalue weighted by Gasteiger charge is 1.94. The molecule has 2 rings (SSSR count). The van der Waals surface area contributed by atoms with Gasteiger partial charge in [0.1, 0.15) is 0 Å². The zero-order valence-corrected chi connectivity index (χ0v) is 9.28. The fraction of sp³-hybridized carbons (Fsp3) is 0. The van der Waals surface area contributed by atoms with E-state index in [2.05, 4.69) is 31.2 Å². The van der Waals surface area contributed by atoms with Gasteiger partial charge in [0.05, 0.1) is 11.9 Å². The van der Waals surface area contributed by atoms with Crippen molar-refractivity contribution in [3.63, 3.8) is 0 Å². The third-order valence-corrected chi connectivity index (χ3v) is 2.33.